The molecule has 1 heterocycles. The molecule has 0 saturated carbocycles. The van der Waals surface area contributed by atoms with Crippen LogP contribution in [-0.2, 0) is 11.2 Å². The summed E-state index contributed by atoms with van der Waals surface area (Å²) in [6.07, 6.45) is -0.325. The first-order chi connectivity index (χ1) is 9.49. The highest BCUT2D eigenvalue weighted by molar-refractivity contribution is 5.69. The summed E-state index contributed by atoms with van der Waals surface area (Å²) in [6, 6.07) is 3.95. The summed E-state index contributed by atoms with van der Waals surface area (Å²) in [7, 11) is 1.45. The van der Waals surface area contributed by atoms with Crippen molar-refractivity contribution in [3.63, 3.8) is 0 Å². The van der Waals surface area contributed by atoms with E-state index in [2.05, 4.69) is 15.0 Å². The molecule has 1 aromatic carbocycles. The average Bonchev–Trinajstić information content (AvgIpc) is 2.37. The maximum atomic E-state index is 13.4. The number of methoxy groups -OCH3 is 1. The monoisotopic (exact) mass is 277 g/mol. The summed E-state index contributed by atoms with van der Waals surface area (Å²) in [5.74, 6) is -0.446. The van der Waals surface area contributed by atoms with Gasteiger partial charge in [0.25, 0.3) is 0 Å². The van der Waals surface area contributed by atoms with Crippen LogP contribution in [0, 0.1) is 12.7 Å². The van der Waals surface area contributed by atoms with Gasteiger partial charge in [0.05, 0.1) is 12.7 Å². The van der Waals surface area contributed by atoms with Crippen molar-refractivity contribution in [2.75, 3.05) is 7.11 Å². The van der Waals surface area contributed by atoms with Crippen LogP contribution in [0.15, 0.2) is 18.2 Å². The van der Waals surface area contributed by atoms with Crippen molar-refractivity contribution >= 4 is 5.97 Å². The van der Waals surface area contributed by atoms with Crippen LogP contribution >= 0.6 is 0 Å². The van der Waals surface area contributed by atoms with Gasteiger partial charge in [0, 0.05) is 0 Å². The molecular formula is C13H12FN3O3. The van der Waals surface area contributed by atoms with E-state index >= 15 is 0 Å². The number of aryl methyl sites for hydroxylation is 1. The van der Waals surface area contributed by atoms with Crippen LogP contribution in [-0.4, -0.2) is 33.1 Å². The van der Waals surface area contributed by atoms with Crippen LogP contribution in [0.4, 0.5) is 4.39 Å². The molecule has 1 aromatic heterocycles. The standard InChI is InChI=1S/C13H12FN3O3/c1-7-15-11(6-12(18)19)17-13(16-7)9-5-8(14)3-4-10(9)20-2/h3-5H,6H2,1-2H3,(H,18,19). The van der Waals surface area contributed by atoms with E-state index in [4.69, 9.17) is 9.84 Å². The quantitative estimate of drug-likeness (QED) is 0.914. The summed E-state index contributed by atoms with van der Waals surface area (Å²) in [5.41, 5.74) is 0.352. The Labute approximate surface area is 114 Å². The SMILES string of the molecule is COc1ccc(F)cc1-c1nc(C)nc(CC(=O)O)n1. The third kappa shape index (κ3) is 3.05. The lowest BCUT2D eigenvalue weighted by Crippen LogP contribution is -2.08. The molecule has 104 valence electrons. The Bertz CT molecular complexity index is 661. The second-order valence-corrected chi connectivity index (χ2v) is 4.04. The van der Waals surface area contributed by atoms with Gasteiger partial charge in [-0.05, 0) is 25.1 Å². The summed E-state index contributed by atoms with van der Waals surface area (Å²) >= 11 is 0. The Morgan fingerprint density at radius 3 is 2.75 bits per heavy atom. The molecule has 0 spiro atoms. The van der Waals surface area contributed by atoms with Gasteiger partial charge in [-0.1, -0.05) is 0 Å². The van der Waals surface area contributed by atoms with Crippen LogP contribution in [0.25, 0.3) is 11.4 Å². The molecule has 2 aromatic rings. The van der Waals surface area contributed by atoms with Gasteiger partial charge in [-0.3, -0.25) is 4.79 Å². The molecule has 1 N–H and O–H groups in total. The maximum absolute atomic E-state index is 13.4. The van der Waals surface area contributed by atoms with E-state index in [1.54, 1.807) is 6.92 Å². The Morgan fingerprint density at radius 1 is 1.35 bits per heavy atom. The molecule has 6 nitrogen and oxygen atoms in total. The first-order valence-corrected chi connectivity index (χ1v) is 5.77. The van der Waals surface area contributed by atoms with E-state index < -0.39 is 11.8 Å². The number of hydrogen-bond donors (Lipinski definition) is 1. The molecule has 0 radical (unpaired) electrons. The number of aromatic nitrogens is 3. The number of carbonyl (C=O) groups is 1. The fraction of sp³-hybridized carbons (Fsp3) is 0.231. The van der Waals surface area contributed by atoms with Gasteiger partial charge in [0.2, 0.25) is 0 Å². The number of benzene rings is 1. The smallest absolute Gasteiger partial charge is 0.311 e. The van der Waals surface area contributed by atoms with Gasteiger partial charge in [0.15, 0.2) is 5.82 Å². The van der Waals surface area contributed by atoms with E-state index in [0.717, 1.165) is 0 Å². The number of aliphatic carboxylic acids is 1. The lowest BCUT2D eigenvalue weighted by Gasteiger charge is -2.08. The maximum Gasteiger partial charge on any atom is 0.311 e. The lowest BCUT2D eigenvalue weighted by molar-refractivity contribution is -0.136. The number of carboxylic acid groups (broad SMARTS) is 1. The summed E-state index contributed by atoms with van der Waals surface area (Å²) in [6.45, 7) is 1.61. The number of rotatable bonds is 4. The Hall–Kier alpha value is -2.57. The fourth-order valence-corrected chi connectivity index (χ4v) is 1.73. The normalized spacial score (nSPS) is 10.3. The van der Waals surface area contributed by atoms with Crippen LogP contribution in [0.3, 0.4) is 0 Å². The molecule has 0 aliphatic heterocycles. The molecule has 0 aliphatic rings. The summed E-state index contributed by atoms with van der Waals surface area (Å²) in [4.78, 5) is 22.8. The molecule has 0 amide bonds. The topological polar surface area (TPSA) is 85.2 Å². The minimum atomic E-state index is -1.05. The highest BCUT2D eigenvalue weighted by Gasteiger charge is 2.14. The van der Waals surface area contributed by atoms with E-state index in [0.29, 0.717) is 17.1 Å². The molecule has 2 rings (SSSR count). The van der Waals surface area contributed by atoms with Gasteiger partial charge >= 0.3 is 5.97 Å². The van der Waals surface area contributed by atoms with E-state index in [1.165, 1.54) is 25.3 Å². The largest absolute Gasteiger partial charge is 0.496 e. The minimum Gasteiger partial charge on any atom is -0.496 e. The predicted molar refractivity (Wildman–Crippen MR) is 67.8 cm³/mol. The van der Waals surface area contributed by atoms with Crippen molar-refractivity contribution in [3.05, 3.63) is 35.7 Å². The minimum absolute atomic E-state index is 0.117. The average molecular weight is 277 g/mol. The third-order valence-corrected chi connectivity index (χ3v) is 2.51. The molecule has 0 fully saturated rings. The van der Waals surface area contributed by atoms with Gasteiger partial charge in [-0.15, -0.1) is 0 Å². The van der Waals surface area contributed by atoms with Crippen LogP contribution in [0.1, 0.15) is 11.6 Å². The zero-order valence-corrected chi connectivity index (χ0v) is 10.9. The van der Waals surface area contributed by atoms with Crippen molar-refractivity contribution in [3.8, 4) is 17.1 Å². The zero-order chi connectivity index (χ0) is 14.7. The van der Waals surface area contributed by atoms with Gasteiger partial charge in [0.1, 0.15) is 29.6 Å². The van der Waals surface area contributed by atoms with Crippen molar-refractivity contribution in [1.82, 2.24) is 15.0 Å². The lowest BCUT2D eigenvalue weighted by atomic mass is 10.2. The molecule has 0 atom stereocenters. The molecule has 0 aliphatic carbocycles. The highest BCUT2D eigenvalue weighted by Crippen LogP contribution is 2.28. The molecule has 7 heteroatoms. The summed E-state index contributed by atoms with van der Waals surface area (Å²) < 4.78 is 18.5. The van der Waals surface area contributed by atoms with Crippen molar-refractivity contribution in [1.29, 1.82) is 0 Å². The second kappa shape index (κ2) is 5.60. The molecule has 0 bridgehead atoms. The molecular weight excluding hydrogens is 265 g/mol. The first kappa shape index (κ1) is 13.9. The number of nitrogens with zero attached hydrogens (tertiary/aromatic N) is 3. The van der Waals surface area contributed by atoms with Gasteiger partial charge in [-0.25, -0.2) is 19.3 Å². The number of carboxylic acids is 1. The fourth-order valence-electron chi connectivity index (χ4n) is 1.73. The first-order valence-electron chi connectivity index (χ1n) is 5.77. The number of ether oxygens (including phenoxy) is 1. The van der Waals surface area contributed by atoms with E-state index in [-0.39, 0.29) is 18.1 Å². The van der Waals surface area contributed by atoms with Crippen molar-refractivity contribution in [2.24, 2.45) is 0 Å². The van der Waals surface area contributed by atoms with Crippen molar-refractivity contribution in [2.45, 2.75) is 13.3 Å². The third-order valence-electron chi connectivity index (χ3n) is 2.51. The summed E-state index contributed by atoms with van der Waals surface area (Å²) in [5, 5.41) is 8.78. The van der Waals surface area contributed by atoms with E-state index in [1.807, 2.05) is 0 Å². The Morgan fingerprint density at radius 2 is 2.10 bits per heavy atom. The van der Waals surface area contributed by atoms with Crippen molar-refractivity contribution < 1.29 is 19.0 Å². The molecule has 0 saturated heterocycles. The highest BCUT2D eigenvalue weighted by atomic mass is 19.1. The predicted octanol–water partition coefficient (Wildman–Crippen LogP) is 1.62. The Kier molecular flexibility index (Phi) is 3.88. The zero-order valence-electron chi connectivity index (χ0n) is 10.9. The number of halogens is 1. The second-order valence-electron chi connectivity index (χ2n) is 4.04. The van der Waals surface area contributed by atoms with Gasteiger partial charge < -0.3 is 9.84 Å². The van der Waals surface area contributed by atoms with Crippen LogP contribution < -0.4 is 4.74 Å². The Balaban J connectivity index is 2.54. The molecule has 0 unspecified atom stereocenters. The van der Waals surface area contributed by atoms with Crippen LogP contribution in [0.5, 0.6) is 5.75 Å². The van der Waals surface area contributed by atoms with Gasteiger partial charge in [-0.2, -0.15) is 0 Å². The number of hydrogen-bond acceptors (Lipinski definition) is 5. The van der Waals surface area contributed by atoms with Crippen LogP contribution in [0.2, 0.25) is 0 Å². The van der Waals surface area contributed by atoms with E-state index in [9.17, 15) is 9.18 Å². The molecule has 20 heavy (non-hydrogen) atoms.